The number of rotatable bonds is 3. The fraction of sp³-hybridized carbons (Fsp3) is 0.0909. The molecule has 16 heavy (non-hydrogen) atoms. The SMILES string of the molecule is Clc1cnc(COc2cccc(I)c2)cn1. The van der Waals surface area contributed by atoms with Gasteiger partial charge in [-0.2, -0.15) is 0 Å². The lowest BCUT2D eigenvalue weighted by atomic mass is 10.3. The van der Waals surface area contributed by atoms with Gasteiger partial charge in [0.1, 0.15) is 17.5 Å². The van der Waals surface area contributed by atoms with Crippen molar-refractivity contribution in [2.45, 2.75) is 6.61 Å². The zero-order valence-electron chi connectivity index (χ0n) is 8.23. The van der Waals surface area contributed by atoms with Gasteiger partial charge in [0.05, 0.1) is 18.1 Å². The maximum atomic E-state index is 5.63. The van der Waals surface area contributed by atoms with Gasteiger partial charge < -0.3 is 4.74 Å². The van der Waals surface area contributed by atoms with Crippen molar-refractivity contribution in [3.05, 3.63) is 51.1 Å². The third-order valence-electron chi connectivity index (χ3n) is 1.86. The lowest BCUT2D eigenvalue weighted by Gasteiger charge is -2.05. The molecule has 0 saturated carbocycles. The zero-order valence-corrected chi connectivity index (χ0v) is 11.1. The minimum Gasteiger partial charge on any atom is -0.487 e. The number of halogens is 2. The summed E-state index contributed by atoms with van der Waals surface area (Å²) in [5, 5.41) is 0.387. The van der Waals surface area contributed by atoms with Crippen LogP contribution in [0.15, 0.2) is 36.7 Å². The Morgan fingerprint density at radius 2 is 2.12 bits per heavy atom. The van der Waals surface area contributed by atoms with Crippen molar-refractivity contribution in [1.82, 2.24) is 9.97 Å². The minimum absolute atomic E-state index is 0.387. The third kappa shape index (κ3) is 3.31. The molecule has 0 spiro atoms. The van der Waals surface area contributed by atoms with Crippen LogP contribution in [0.1, 0.15) is 5.69 Å². The predicted octanol–water partition coefficient (Wildman–Crippen LogP) is 3.31. The van der Waals surface area contributed by atoms with Crippen molar-refractivity contribution in [3.63, 3.8) is 0 Å². The Kier molecular flexibility index (Phi) is 3.95. The van der Waals surface area contributed by atoms with Gasteiger partial charge in [0, 0.05) is 3.57 Å². The topological polar surface area (TPSA) is 35.0 Å². The van der Waals surface area contributed by atoms with Crippen LogP contribution in [-0.4, -0.2) is 9.97 Å². The second-order valence-corrected chi connectivity index (χ2v) is 4.71. The van der Waals surface area contributed by atoms with Crippen LogP contribution < -0.4 is 4.74 Å². The van der Waals surface area contributed by atoms with Gasteiger partial charge in [-0.25, -0.2) is 4.98 Å². The Bertz CT molecular complexity index is 476. The molecule has 5 heteroatoms. The van der Waals surface area contributed by atoms with Crippen LogP contribution >= 0.6 is 34.2 Å². The highest BCUT2D eigenvalue weighted by atomic mass is 127. The molecule has 0 aliphatic heterocycles. The smallest absolute Gasteiger partial charge is 0.147 e. The summed E-state index contributed by atoms with van der Waals surface area (Å²) in [5.41, 5.74) is 0.753. The van der Waals surface area contributed by atoms with E-state index in [0.717, 1.165) is 15.0 Å². The summed E-state index contributed by atoms with van der Waals surface area (Å²) in [5.74, 6) is 0.823. The summed E-state index contributed by atoms with van der Waals surface area (Å²) >= 11 is 7.87. The Balaban J connectivity index is 1.99. The summed E-state index contributed by atoms with van der Waals surface area (Å²) in [6, 6.07) is 7.83. The molecule has 0 aliphatic carbocycles. The van der Waals surface area contributed by atoms with Gasteiger partial charge in [0.2, 0.25) is 0 Å². The van der Waals surface area contributed by atoms with Crippen molar-refractivity contribution in [2.24, 2.45) is 0 Å². The van der Waals surface area contributed by atoms with Crippen molar-refractivity contribution in [2.75, 3.05) is 0 Å². The number of hydrogen-bond acceptors (Lipinski definition) is 3. The van der Waals surface area contributed by atoms with E-state index in [1.165, 1.54) is 6.20 Å². The average molecular weight is 347 g/mol. The molecule has 0 atom stereocenters. The van der Waals surface area contributed by atoms with E-state index in [1.807, 2.05) is 24.3 Å². The molecule has 82 valence electrons. The van der Waals surface area contributed by atoms with Crippen LogP contribution in [0.5, 0.6) is 5.75 Å². The van der Waals surface area contributed by atoms with Gasteiger partial charge >= 0.3 is 0 Å². The fourth-order valence-corrected chi connectivity index (χ4v) is 1.74. The number of aromatic nitrogens is 2. The Labute approximate surface area is 112 Å². The molecule has 0 N–H and O–H groups in total. The monoisotopic (exact) mass is 346 g/mol. The molecular weight excluding hydrogens is 338 g/mol. The van der Waals surface area contributed by atoms with Crippen LogP contribution in [0.25, 0.3) is 0 Å². The average Bonchev–Trinajstić information content (AvgIpc) is 2.28. The van der Waals surface area contributed by atoms with E-state index >= 15 is 0 Å². The van der Waals surface area contributed by atoms with Crippen LogP contribution in [0, 0.1) is 3.57 Å². The molecule has 1 aromatic carbocycles. The lowest BCUT2D eigenvalue weighted by Crippen LogP contribution is -1.98. The first-order valence-corrected chi connectivity index (χ1v) is 6.04. The Morgan fingerprint density at radius 1 is 1.25 bits per heavy atom. The number of hydrogen-bond donors (Lipinski definition) is 0. The minimum atomic E-state index is 0.387. The molecular formula is C11H8ClIN2O. The molecule has 1 heterocycles. The number of nitrogens with zero attached hydrogens (tertiary/aromatic N) is 2. The number of benzene rings is 1. The molecule has 0 aliphatic rings. The van der Waals surface area contributed by atoms with Crippen molar-refractivity contribution >= 4 is 34.2 Å². The molecule has 0 unspecified atom stereocenters. The normalized spacial score (nSPS) is 10.1. The molecule has 1 aromatic heterocycles. The van der Waals surface area contributed by atoms with E-state index in [1.54, 1.807) is 6.20 Å². The molecule has 0 fully saturated rings. The lowest BCUT2D eigenvalue weighted by molar-refractivity contribution is 0.300. The molecule has 0 radical (unpaired) electrons. The van der Waals surface area contributed by atoms with E-state index in [9.17, 15) is 0 Å². The largest absolute Gasteiger partial charge is 0.487 e. The van der Waals surface area contributed by atoms with Gasteiger partial charge in [0.15, 0.2) is 0 Å². The summed E-state index contributed by atoms with van der Waals surface area (Å²) in [4.78, 5) is 8.02. The highest BCUT2D eigenvalue weighted by Crippen LogP contribution is 2.15. The second kappa shape index (κ2) is 5.45. The van der Waals surface area contributed by atoms with Gasteiger partial charge in [-0.15, -0.1) is 0 Å². The molecule has 0 bridgehead atoms. The number of ether oxygens (including phenoxy) is 1. The highest BCUT2D eigenvalue weighted by molar-refractivity contribution is 14.1. The van der Waals surface area contributed by atoms with E-state index in [-0.39, 0.29) is 0 Å². The first-order valence-electron chi connectivity index (χ1n) is 4.59. The molecule has 3 nitrogen and oxygen atoms in total. The highest BCUT2D eigenvalue weighted by Gasteiger charge is 1.98. The second-order valence-electron chi connectivity index (χ2n) is 3.08. The van der Waals surface area contributed by atoms with Crippen LogP contribution in [-0.2, 0) is 6.61 Å². The van der Waals surface area contributed by atoms with Crippen molar-refractivity contribution in [3.8, 4) is 5.75 Å². The van der Waals surface area contributed by atoms with Crippen LogP contribution in [0.4, 0.5) is 0 Å². The maximum absolute atomic E-state index is 5.63. The summed E-state index contributed by atoms with van der Waals surface area (Å²) in [6.07, 6.45) is 3.12. The standard InChI is InChI=1S/C11H8ClIN2O/c12-11-6-14-9(5-15-11)7-16-10-3-1-2-8(13)4-10/h1-6H,7H2. The summed E-state index contributed by atoms with van der Waals surface area (Å²) in [7, 11) is 0. The van der Waals surface area contributed by atoms with Gasteiger partial charge in [0.25, 0.3) is 0 Å². The van der Waals surface area contributed by atoms with E-state index in [2.05, 4.69) is 32.6 Å². The predicted molar refractivity (Wildman–Crippen MR) is 70.5 cm³/mol. The van der Waals surface area contributed by atoms with E-state index in [0.29, 0.717) is 11.8 Å². The first-order chi connectivity index (χ1) is 7.74. The Hall–Kier alpha value is -0.880. The molecule has 0 saturated heterocycles. The van der Waals surface area contributed by atoms with Gasteiger partial charge in [-0.3, -0.25) is 4.98 Å². The third-order valence-corrected chi connectivity index (χ3v) is 2.72. The fourth-order valence-electron chi connectivity index (χ4n) is 1.13. The Morgan fingerprint density at radius 3 is 2.81 bits per heavy atom. The van der Waals surface area contributed by atoms with Crippen LogP contribution in [0.2, 0.25) is 5.15 Å². The zero-order chi connectivity index (χ0) is 11.4. The summed E-state index contributed by atoms with van der Waals surface area (Å²) < 4.78 is 6.70. The summed E-state index contributed by atoms with van der Waals surface area (Å²) in [6.45, 7) is 0.393. The van der Waals surface area contributed by atoms with E-state index < -0.39 is 0 Å². The van der Waals surface area contributed by atoms with Gasteiger partial charge in [-0.05, 0) is 40.8 Å². The first kappa shape index (κ1) is 11.6. The van der Waals surface area contributed by atoms with E-state index in [4.69, 9.17) is 16.3 Å². The molecule has 0 amide bonds. The molecule has 2 rings (SSSR count). The van der Waals surface area contributed by atoms with Crippen molar-refractivity contribution in [1.29, 1.82) is 0 Å². The van der Waals surface area contributed by atoms with Crippen molar-refractivity contribution < 1.29 is 4.74 Å². The van der Waals surface area contributed by atoms with Gasteiger partial charge in [-0.1, -0.05) is 17.7 Å². The van der Waals surface area contributed by atoms with Crippen LogP contribution in [0.3, 0.4) is 0 Å². The quantitative estimate of drug-likeness (QED) is 0.800. The molecule has 2 aromatic rings. The maximum Gasteiger partial charge on any atom is 0.147 e.